The highest BCUT2D eigenvalue weighted by Crippen LogP contribution is 2.29. The summed E-state index contributed by atoms with van der Waals surface area (Å²) in [5.41, 5.74) is 0.366. The Morgan fingerprint density at radius 1 is 1.08 bits per heavy atom. The molecule has 0 heterocycles. The molecule has 1 amide bonds. The molecule has 1 N–H and O–H groups in total. The third kappa shape index (κ3) is 5.29. The van der Waals surface area contributed by atoms with Crippen molar-refractivity contribution in [3.8, 4) is 0 Å². The molecular formula is C18H18F4N2O. The fourth-order valence-electron chi connectivity index (χ4n) is 2.20. The lowest BCUT2D eigenvalue weighted by Crippen LogP contribution is -2.39. The molecule has 0 bridgehead atoms. The minimum atomic E-state index is -4.41. The largest absolute Gasteiger partial charge is 0.416 e. The van der Waals surface area contributed by atoms with Gasteiger partial charge in [-0.05, 0) is 55.9 Å². The number of benzene rings is 2. The first-order chi connectivity index (χ1) is 11.7. The van der Waals surface area contributed by atoms with E-state index in [2.05, 4.69) is 5.32 Å². The maximum Gasteiger partial charge on any atom is 0.416 e. The molecule has 1 atom stereocenters. The quantitative estimate of drug-likeness (QED) is 0.812. The lowest BCUT2D eigenvalue weighted by atomic mass is 10.1. The Labute approximate surface area is 143 Å². The molecule has 0 spiro atoms. The Kier molecular flexibility index (Phi) is 5.79. The van der Waals surface area contributed by atoms with E-state index in [0.29, 0.717) is 12.2 Å². The molecule has 3 nitrogen and oxygen atoms in total. The topological polar surface area (TPSA) is 32.3 Å². The standard InChI is InChI=1S/C18H18F4N2O/c1-12(24(2)11-13-3-7-15(19)8-4-13)17(25)23-16-9-5-14(6-10-16)18(20,21)22/h3-10,12H,11H2,1-2H3,(H,23,25)/t12-/m0/s1. The van der Waals surface area contributed by atoms with Crippen LogP contribution in [0, 0.1) is 5.82 Å². The predicted octanol–water partition coefficient (Wildman–Crippen LogP) is 4.30. The van der Waals surface area contributed by atoms with Gasteiger partial charge >= 0.3 is 6.18 Å². The van der Waals surface area contributed by atoms with E-state index in [1.165, 1.54) is 24.3 Å². The average molecular weight is 354 g/mol. The first-order valence-corrected chi connectivity index (χ1v) is 7.59. The van der Waals surface area contributed by atoms with Crippen LogP contribution in [0.2, 0.25) is 0 Å². The summed E-state index contributed by atoms with van der Waals surface area (Å²) in [6.07, 6.45) is -4.41. The van der Waals surface area contributed by atoms with Gasteiger partial charge < -0.3 is 5.32 Å². The van der Waals surface area contributed by atoms with Crippen molar-refractivity contribution in [3.63, 3.8) is 0 Å². The summed E-state index contributed by atoms with van der Waals surface area (Å²) in [4.78, 5) is 14.0. The second-order valence-corrected chi connectivity index (χ2v) is 5.78. The summed E-state index contributed by atoms with van der Waals surface area (Å²) in [5.74, 6) is -0.677. The minimum Gasteiger partial charge on any atom is -0.325 e. The molecule has 0 saturated heterocycles. The van der Waals surface area contributed by atoms with E-state index in [0.717, 1.165) is 17.7 Å². The third-order valence-corrected chi connectivity index (χ3v) is 3.87. The number of rotatable bonds is 5. The maximum absolute atomic E-state index is 12.9. The van der Waals surface area contributed by atoms with Gasteiger partial charge in [0, 0.05) is 12.2 Å². The van der Waals surface area contributed by atoms with Gasteiger partial charge in [-0.15, -0.1) is 0 Å². The molecule has 0 saturated carbocycles. The number of carbonyl (C=O) groups is 1. The first-order valence-electron chi connectivity index (χ1n) is 7.59. The van der Waals surface area contributed by atoms with Gasteiger partial charge in [0.1, 0.15) is 5.82 Å². The molecule has 134 valence electrons. The van der Waals surface area contributed by atoms with Crippen molar-refractivity contribution in [1.29, 1.82) is 0 Å². The zero-order chi connectivity index (χ0) is 18.6. The molecule has 2 aromatic carbocycles. The second-order valence-electron chi connectivity index (χ2n) is 5.78. The number of nitrogens with zero attached hydrogens (tertiary/aromatic N) is 1. The third-order valence-electron chi connectivity index (χ3n) is 3.87. The van der Waals surface area contributed by atoms with Crippen LogP contribution in [0.4, 0.5) is 23.2 Å². The van der Waals surface area contributed by atoms with Crippen LogP contribution in [0.5, 0.6) is 0 Å². The van der Waals surface area contributed by atoms with Crippen LogP contribution in [-0.2, 0) is 17.5 Å². The van der Waals surface area contributed by atoms with E-state index in [9.17, 15) is 22.4 Å². The SMILES string of the molecule is C[C@@H](C(=O)Nc1ccc(C(F)(F)F)cc1)N(C)Cc1ccc(F)cc1. The number of carbonyl (C=O) groups excluding carboxylic acids is 1. The summed E-state index contributed by atoms with van der Waals surface area (Å²) in [6, 6.07) is 9.70. The first kappa shape index (κ1) is 18.9. The molecular weight excluding hydrogens is 336 g/mol. The predicted molar refractivity (Wildman–Crippen MR) is 87.4 cm³/mol. The van der Waals surface area contributed by atoms with Crippen molar-refractivity contribution in [3.05, 3.63) is 65.5 Å². The lowest BCUT2D eigenvalue weighted by molar-refractivity contribution is -0.137. The maximum atomic E-state index is 12.9. The van der Waals surface area contributed by atoms with Crippen LogP contribution in [0.1, 0.15) is 18.1 Å². The monoisotopic (exact) mass is 354 g/mol. The van der Waals surface area contributed by atoms with Crippen molar-refractivity contribution in [2.75, 3.05) is 12.4 Å². The highest BCUT2D eigenvalue weighted by atomic mass is 19.4. The van der Waals surface area contributed by atoms with Crippen LogP contribution in [-0.4, -0.2) is 23.9 Å². The number of halogens is 4. The van der Waals surface area contributed by atoms with Gasteiger partial charge in [-0.1, -0.05) is 12.1 Å². The van der Waals surface area contributed by atoms with E-state index < -0.39 is 17.8 Å². The number of hydrogen-bond acceptors (Lipinski definition) is 2. The Hall–Kier alpha value is -2.41. The van der Waals surface area contributed by atoms with Crippen LogP contribution in [0.25, 0.3) is 0 Å². The smallest absolute Gasteiger partial charge is 0.325 e. The lowest BCUT2D eigenvalue weighted by Gasteiger charge is -2.24. The Morgan fingerprint density at radius 2 is 1.64 bits per heavy atom. The zero-order valence-electron chi connectivity index (χ0n) is 13.8. The molecule has 0 aromatic heterocycles. The van der Waals surface area contributed by atoms with Crippen molar-refractivity contribution in [1.82, 2.24) is 4.90 Å². The van der Waals surface area contributed by atoms with Gasteiger partial charge in [0.05, 0.1) is 11.6 Å². The van der Waals surface area contributed by atoms with Crippen LogP contribution < -0.4 is 5.32 Å². The van der Waals surface area contributed by atoms with Crippen molar-refractivity contribution in [2.45, 2.75) is 25.7 Å². The molecule has 2 aromatic rings. The number of amides is 1. The van der Waals surface area contributed by atoms with Crippen molar-refractivity contribution in [2.24, 2.45) is 0 Å². The minimum absolute atomic E-state index is 0.292. The molecule has 0 aliphatic carbocycles. The molecule has 0 fully saturated rings. The van der Waals surface area contributed by atoms with Crippen molar-refractivity contribution >= 4 is 11.6 Å². The highest BCUT2D eigenvalue weighted by Gasteiger charge is 2.30. The summed E-state index contributed by atoms with van der Waals surface area (Å²) in [5, 5.41) is 2.59. The fourth-order valence-corrected chi connectivity index (χ4v) is 2.20. The molecule has 0 aliphatic heterocycles. The van der Waals surface area contributed by atoms with Crippen LogP contribution in [0.15, 0.2) is 48.5 Å². The van der Waals surface area contributed by atoms with Gasteiger partial charge in [0.25, 0.3) is 0 Å². The van der Waals surface area contributed by atoms with Crippen LogP contribution >= 0.6 is 0 Å². The average Bonchev–Trinajstić information content (AvgIpc) is 2.55. The van der Waals surface area contributed by atoms with Gasteiger partial charge in [0.2, 0.25) is 5.91 Å². The highest BCUT2D eigenvalue weighted by molar-refractivity contribution is 5.94. The van der Waals surface area contributed by atoms with Gasteiger partial charge in [0.15, 0.2) is 0 Å². The van der Waals surface area contributed by atoms with E-state index in [4.69, 9.17) is 0 Å². The van der Waals surface area contributed by atoms with E-state index in [-0.39, 0.29) is 11.7 Å². The number of alkyl halides is 3. The summed E-state index contributed by atoms with van der Waals surface area (Å²) >= 11 is 0. The Balaban J connectivity index is 1.96. The fraction of sp³-hybridized carbons (Fsp3) is 0.278. The molecule has 25 heavy (non-hydrogen) atoms. The zero-order valence-corrected chi connectivity index (χ0v) is 13.8. The number of anilines is 1. The van der Waals surface area contributed by atoms with Gasteiger partial charge in [-0.25, -0.2) is 4.39 Å². The number of hydrogen-bond donors (Lipinski definition) is 1. The Bertz CT molecular complexity index is 711. The number of likely N-dealkylation sites (N-methyl/N-ethyl adjacent to an activating group) is 1. The van der Waals surface area contributed by atoms with Gasteiger partial charge in [-0.2, -0.15) is 13.2 Å². The van der Waals surface area contributed by atoms with Gasteiger partial charge in [-0.3, -0.25) is 9.69 Å². The molecule has 0 unspecified atom stereocenters. The number of nitrogens with one attached hydrogen (secondary N) is 1. The van der Waals surface area contributed by atoms with E-state index in [1.807, 2.05) is 0 Å². The molecule has 0 radical (unpaired) electrons. The normalized spacial score (nSPS) is 12.9. The van der Waals surface area contributed by atoms with Crippen molar-refractivity contribution < 1.29 is 22.4 Å². The van der Waals surface area contributed by atoms with E-state index >= 15 is 0 Å². The summed E-state index contributed by atoms with van der Waals surface area (Å²) in [7, 11) is 1.74. The van der Waals surface area contributed by atoms with E-state index in [1.54, 1.807) is 31.0 Å². The molecule has 2 rings (SSSR count). The molecule has 7 heteroatoms. The summed E-state index contributed by atoms with van der Waals surface area (Å²) in [6.45, 7) is 2.12. The Morgan fingerprint density at radius 3 is 2.16 bits per heavy atom. The molecule has 0 aliphatic rings. The van der Waals surface area contributed by atoms with Crippen LogP contribution in [0.3, 0.4) is 0 Å². The second kappa shape index (κ2) is 7.65. The summed E-state index contributed by atoms with van der Waals surface area (Å²) < 4.78 is 50.5.